The Hall–Kier alpha value is -2.25. The van der Waals surface area contributed by atoms with Crippen molar-refractivity contribution in [3.8, 4) is 5.75 Å². The Kier molecular flexibility index (Phi) is 7.47. The summed E-state index contributed by atoms with van der Waals surface area (Å²) in [6.07, 6.45) is -4.58. The number of nitrogens with one attached hydrogen (secondary N) is 1. The summed E-state index contributed by atoms with van der Waals surface area (Å²) in [7, 11) is 0. The summed E-state index contributed by atoms with van der Waals surface area (Å²) in [5.74, 6) is -0.685. The predicted molar refractivity (Wildman–Crippen MR) is 95.1 cm³/mol. The Balaban J connectivity index is 0.00000338. The lowest BCUT2D eigenvalue weighted by molar-refractivity contribution is -0.274. The van der Waals surface area contributed by atoms with Crippen LogP contribution in [-0.2, 0) is 16.8 Å². The molecule has 1 amide bonds. The number of carbonyl (C=O) groups excluding carboxylic acids is 1. The Morgan fingerprint density at radius 2 is 1.65 bits per heavy atom. The average Bonchev–Trinajstić information content (AvgIpc) is 2.55. The molecule has 0 aliphatic heterocycles. The summed E-state index contributed by atoms with van der Waals surface area (Å²) in [5.41, 5.74) is 5.85. The number of carbonyl (C=O) groups is 1. The minimum absolute atomic E-state index is 0. The van der Waals surface area contributed by atoms with Crippen molar-refractivity contribution in [2.45, 2.75) is 25.2 Å². The molecule has 0 saturated carbocycles. The molecule has 0 heterocycles. The standard InChI is InChI=1S/C18H19F3N2O2.ClH/c1-17(22,14-8-3-2-4-9-14)16(24)23-12-11-13-7-5-6-10-15(13)25-18(19,20)21;/h2-10H,11-12,22H2,1H3,(H,23,24);1H. The van der Waals surface area contributed by atoms with Gasteiger partial charge >= 0.3 is 6.36 Å². The van der Waals surface area contributed by atoms with Crippen molar-refractivity contribution in [3.05, 3.63) is 65.7 Å². The van der Waals surface area contributed by atoms with E-state index in [4.69, 9.17) is 5.73 Å². The normalized spacial score (nSPS) is 13.3. The minimum atomic E-state index is -4.76. The molecule has 1 atom stereocenters. The number of ether oxygens (including phenoxy) is 1. The highest BCUT2D eigenvalue weighted by molar-refractivity contribution is 5.87. The molecule has 2 aromatic carbocycles. The van der Waals surface area contributed by atoms with E-state index in [0.717, 1.165) is 0 Å². The Morgan fingerprint density at radius 1 is 1.08 bits per heavy atom. The van der Waals surface area contributed by atoms with Gasteiger partial charge in [-0.3, -0.25) is 4.79 Å². The van der Waals surface area contributed by atoms with Crippen LogP contribution in [0.15, 0.2) is 54.6 Å². The fourth-order valence-corrected chi connectivity index (χ4v) is 2.34. The van der Waals surface area contributed by atoms with Crippen LogP contribution in [0.3, 0.4) is 0 Å². The highest BCUT2D eigenvalue weighted by Crippen LogP contribution is 2.26. The molecule has 0 aromatic heterocycles. The maximum atomic E-state index is 12.4. The molecule has 2 rings (SSSR count). The molecular weight excluding hydrogens is 369 g/mol. The summed E-state index contributed by atoms with van der Waals surface area (Å²) in [5, 5.41) is 2.66. The number of hydrogen-bond acceptors (Lipinski definition) is 3. The van der Waals surface area contributed by atoms with Crippen LogP contribution in [-0.4, -0.2) is 18.8 Å². The van der Waals surface area contributed by atoms with E-state index in [9.17, 15) is 18.0 Å². The lowest BCUT2D eigenvalue weighted by atomic mass is 9.92. The van der Waals surface area contributed by atoms with Gasteiger partial charge in [0.25, 0.3) is 0 Å². The van der Waals surface area contributed by atoms with Gasteiger partial charge in [0.2, 0.25) is 5.91 Å². The topological polar surface area (TPSA) is 64.4 Å². The van der Waals surface area contributed by atoms with E-state index in [1.54, 1.807) is 37.3 Å². The van der Waals surface area contributed by atoms with Crippen molar-refractivity contribution >= 4 is 18.3 Å². The van der Waals surface area contributed by atoms with Crippen LogP contribution < -0.4 is 15.8 Å². The smallest absolute Gasteiger partial charge is 0.406 e. The molecule has 142 valence electrons. The highest BCUT2D eigenvalue weighted by atomic mass is 35.5. The van der Waals surface area contributed by atoms with Crippen molar-refractivity contribution < 1.29 is 22.7 Å². The SMILES string of the molecule is CC(N)(C(=O)NCCc1ccccc1OC(F)(F)F)c1ccccc1.Cl. The summed E-state index contributed by atoms with van der Waals surface area (Å²) in [4.78, 5) is 12.3. The third kappa shape index (κ3) is 5.93. The Labute approximate surface area is 155 Å². The van der Waals surface area contributed by atoms with Crippen LogP contribution in [0.4, 0.5) is 13.2 Å². The molecule has 0 fully saturated rings. The van der Waals surface area contributed by atoms with Gasteiger partial charge in [-0.2, -0.15) is 0 Å². The first-order chi connectivity index (χ1) is 11.7. The van der Waals surface area contributed by atoms with E-state index in [1.807, 2.05) is 6.07 Å². The molecule has 0 aliphatic carbocycles. The number of nitrogens with two attached hydrogens (primary N) is 1. The van der Waals surface area contributed by atoms with Crippen molar-refractivity contribution in [1.29, 1.82) is 0 Å². The van der Waals surface area contributed by atoms with Crippen molar-refractivity contribution in [3.63, 3.8) is 0 Å². The minimum Gasteiger partial charge on any atom is -0.406 e. The summed E-state index contributed by atoms with van der Waals surface area (Å²) in [6, 6.07) is 14.7. The lowest BCUT2D eigenvalue weighted by Crippen LogP contribution is -2.49. The number of amides is 1. The van der Waals surface area contributed by atoms with Crippen LogP contribution >= 0.6 is 12.4 Å². The quantitative estimate of drug-likeness (QED) is 0.795. The van der Waals surface area contributed by atoms with E-state index in [1.165, 1.54) is 18.2 Å². The number of alkyl halides is 3. The molecule has 0 spiro atoms. The van der Waals surface area contributed by atoms with Gasteiger partial charge in [0, 0.05) is 6.54 Å². The second-order valence-electron chi connectivity index (χ2n) is 5.73. The largest absolute Gasteiger partial charge is 0.573 e. The average molecular weight is 389 g/mol. The molecule has 0 aliphatic rings. The van der Waals surface area contributed by atoms with Crippen LogP contribution in [0.1, 0.15) is 18.1 Å². The van der Waals surface area contributed by atoms with Crippen LogP contribution in [0.2, 0.25) is 0 Å². The van der Waals surface area contributed by atoms with Crippen molar-refractivity contribution in [1.82, 2.24) is 5.32 Å². The monoisotopic (exact) mass is 388 g/mol. The Morgan fingerprint density at radius 3 is 2.27 bits per heavy atom. The van der Waals surface area contributed by atoms with Crippen LogP contribution in [0.5, 0.6) is 5.75 Å². The molecule has 2 aromatic rings. The first kappa shape index (κ1) is 21.8. The molecule has 8 heteroatoms. The zero-order chi connectivity index (χ0) is 18.5. The second kappa shape index (κ2) is 8.91. The molecule has 0 saturated heterocycles. The van der Waals surface area contributed by atoms with E-state index < -0.39 is 17.8 Å². The third-order valence-electron chi connectivity index (χ3n) is 3.72. The third-order valence-corrected chi connectivity index (χ3v) is 3.72. The zero-order valence-corrected chi connectivity index (χ0v) is 14.9. The molecular formula is C18H20ClF3N2O2. The van der Waals surface area contributed by atoms with Gasteiger partial charge < -0.3 is 15.8 Å². The fourth-order valence-electron chi connectivity index (χ4n) is 2.34. The lowest BCUT2D eigenvalue weighted by Gasteiger charge is -2.24. The van der Waals surface area contributed by atoms with Crippen molar-refractivity contribution in [2.24, 2.45) is 5.73 Å². The van der Waals surface area contributed by atoms with Gasteiger partial charge in [0.1, 0.15) is 11.3 Å². The number of halogens is 4. The number of para-hydroxylation sites is 1. The van der Waals surface area contributed by atoms with Gasteiger partial charge in [-0.15, -0.1) is 25.6 Å². The maximum absolute atomic E-state index is 12.4. The summed E-state index contributed by atoms with van der Waals surface area (Å²) < 4.78 is 41.2. The van der Waals surface area contributed by atoms with Crippen molar-refractivity contribution in [2.75, 3.05) is 6.54 Å². The maximum Gasteiger partial charge on any atom is 0.573 e. The molecule has 3 N–H and O–H groups in total. The molecule has 26 heavy (non-hydrogen) atoms. The van der Waals surface area contributed by atoms with Gasteiger partial charge in [0.15, 0.2) is 0 Å². The molecule has 4 nitrogen and oxygen atoms in total. The molecule has 0 radical (unpaired) electrons. The number of benzene rings is 2. The van der Waals surface area contributed by atoms with Gasteiger partial charge in [0.05, 0.1) is 0 Å². The van der Waals surface area contributed by atoms with Gasteiger partial charge in [-0.25, -0.2) is 0 Å². The van der Waals surface area contributed by atoms with Crippen LogP contribution in [0.25, 0.3) is 0 Å². The van der Waals surface area contributed by atoms with Crippen LogP contribution in [0, 0.1) is 0 Å². The van der Waals surface area contributed by atoms with Gasteiger partial charge in [-0.05, 0) is 30.5 Å². The molecule has 1 unspecified atom stereocenters. The van der Waals surface area contributed by atoms with E-state index in [0.29, 0.717) is 11.1 Å². The second-order valence-corrected chi connectivity index (χ2v) is 5.73. The highest BCUT2D eigenvalue weighted by Gasteiger charge is 2.32. The fraction of sp³-hybridized carbons (Fsp3) is 0.278. The van der Waals surface area contributed by atoms with E-state index in [-0.39, 0.29) is 31.1 Å². The van der Waals surface area contributed by atoms with E-state index >= 15 is 0 Å². The first-order valence-corrected chi connectivity index (χ1v) is 7.66. The van der Waals surface area contributed by atoms with E-state index in [2.05, 4.69) is 10.1 Å². The zero-order valence-electron chi connectivity index (χ0n) is 14.0. The Bertz CT molecular complexity index is 722. The van der Waals surface area contributed by atoms with Gasteiger partial charge in [-0.1, -0.05) is 48.5 Å². The summed E-state index contributed by atoms with van der Waals surface area (Å²) in [6.45, 7) is 1.72. The predicted octanol–water partition coefficient (Wildman–Crippen LogP) is 3.54. The molecule has 0 bridgehead atoms. The summed E-state index contributed by atoms with van der Waals surface area (Å²) >= 11 is 0. The first-order valence-electron chi connectivity index (χ1n) is 7.66. The number of hydrogen-bond donors (Lipinski definition) is 2. The number of rotatable bonds is 6.